The molecule has 1 atom stereocenters. The van der Waals surface area contributed by atoms with E-state index in [-0.39, 0.29) is 11.7 Å². The zero-order valence-electron chi connectivity index (χ0n) is 20.0. The lowest BCUT2D eigenvalue weighted by atomic mass is 9.78. The predicted octanol–water partition coefficient (Wildman–Crippen LogP) is 5.85. The van der Waals surface area contributed by atoms with Crippen molar-refractivity contribution in [2.24, 2.45) is 5.92 Å². The van der Waals surface area contributed by atoms with Crippen molar-refractivity contribution in [2.45, 2.75) is 39.2 Å². The van der Waals surface area contributed by atoms with Crippen molar-refractivity contribution in [3.63, 3.8) is 0 Å². The number of hydrogen-bond acceptors (Lipinski definition) is 6. The van der Waals surface area contributed by atoms with Crippen LogP contribution in [0.25, 0.3) is 33.3 Å². The highest BCUT2D eigenvalue weighted by Crippen LogP contribution is 2.43. The maximum Gasteiger partial charge on any atom is 0.354 e. The van der Waals surface area contributed by atoms with Crippen LogP contribution in [0.3, 0.4) is 0 Å². The number of nitrogens with zero attached hydrogens (tertiary/aromatic N) is 5. The molecular weight excluding hydrogens is 454 g/mol. The fourth-order valence-electron chi connectivity index (χ4n) is 5.24. The van der Waals surface area contributed by atoms with Gasteiger partial charge in [-0.1, -0.05) is 17.6 Å². The second-order valence-electron chi connectivity index (χ2n) is 9.37. The van der Waals surface area contributed by atoms with Gasteiger partial charge < -0.3 is 14.2 Å². The van der Waals surface area contributed by atoms with Crippen LogP contribution in [0, 0.1) is 19.8 Å². The van der Waals surface area contributed by atoms with Crippen LogP contribution in [0.15, 0.2) is 65.7 Å². The van der Waals surface area contributed by atoms with Crippen molar-refractivity contribution < 1.29 is 14.4 Å². The number of pyridine rings is 3. The molecule has 5 aromatic rings. The molecule has 1 fully saturated rings. The molecular formula is C28H25N5O3. The van der Waals surface area contributed by atoms with Gasteiger partial charge in [0.15, 0.2) is 0 Å². The number of hydrogen-bond donors (Lipinski definition) is 1. The molecule has 0 aromatic carbocycles. The molecule has 36 heavy (non-hydrogen) atoms. The van der Waals surface area contributed by atoms with Crippen LogP contribution in [-0.2, 0) is 0 Å². The topological polar surface area (TPSA) is 107 Å². The lowest BCUT2D eigenvalue weighted by molar-refractivity contribution is 0.0690. The molecule has 0 spiro atoms. The molecule has 1 aliphatic rings. The summed E-state index contributed by atoms with van der Waals surface area (Å²) in [6, 6.07) is 11.6. The maximum absolute atomic E-state index is 11.7. The number of aromatic nitrogens is 5. The predicted molar refractivity (Wildman–Crippen MR) is 135 cm³/mol. The first kappa shape index (κ1) is 22.2. The molecule has 5 heterocycles. The SMILES string of the molecule is Cc1noc(C)c1-c1cnc2c(c1)c(-c1ccnc(C(=O)O)c1)cn2C(c1ccccn1)C1CCC1. The van der Waals surface area contributed by atoms with Crippen molar-refractivity contribution in [3.05, 3.63) is 84.0 Å². The average Bonchev–Trinajstić information content (AvgIpc) is 3.40. The summed E-state index contributed by atoms with van der Waals surface area (Å²) in [7, 11) is 0. The minimum atomic E-state index is -1.06. The van der Waals surface area contributed by atoms with Crippen LogP contribution < -0.4 is 0 Å². The van der Waals surface area contributed by atoms with Gasteiger partial charge in [0.2, 0.25) is 0 Å². The van der Waals surface area contributed by atoms with Gasteiger partial charge in [-0.3, -0.25) is 4.98 Å². The summed E-state index contributed by atoms with van der Waals surface area (Å²) in [4.78, 5) is 25.3. The zero-order chi connectivity index (χ0) is 24.8. The van der Waals surface area contributed by atoms with E-state index in [1.807, 2.05) is 44.4 Å². The molecule has 8 heteroatoms. The van der Waals surface area contributed by atoms with Gasteiger partial charge in [-0.05, 0) is 68.5 Å². The number of aryl methyl sites for hydroxylation is 2. The normalized spacial score (nSPS) is 14.6. The van der Waals surface area contributed by atoms with Gasteiger partial charge in [0.05, 0.1) is 17.4 Å². The lowest BCUT2D eigenvalue weighted by Crippen LogP contribution is -2.26. The van der Waals surface area contributed by atoms with Crippen LogP contribution in [0.2, 0.25) is 0 Å². The number of rotatable bonds is 6. The van der Waals surface area contributed by atoms with E-state index in [4.69, 9.17) is 14.5 Å². The van der Waals surface area contributed by atoms with Gasteiger partial charge in [-0.25, -0.2) is 14.8 Å². The number of aromatic carboxylic acids is 1. The molecule has 1 aliphatic carbocycles. The van der Waals surface area contributed by atoms with Gasteiger partial charge in [-0.2, -0.15) is 0 Å². The highest BCUT2D eigenvalue weighted by molar-refractivity contribution is 5.98. The summed E-state index contributed by atoms with van der Waals surface area (Å²) in [5.74, 6) is 0.128. The first-order chi connectivity index (χ1) is 17.5. The molecule has 1 saturated carbocycles. The molecule has 180 valence electrons. The minimum absolute atomic E-state index is 0.00325. The van der Waals surface area contributed by atoms with Gasteiger partial charge in [-0.15, -0.1) is 0 Å². The summed E-state index contributed by atoms with van der Waals surface area (Å²) in [6.45, 7) is 3.80. The van der Waals surface area contributed by atoms with Crippen LogP contribution in [0.4, 0.5) is 0 Å². The quantitative estimate of drug-likeness (QED) is 0.325. The molecule has 1 unspecified atom stereocenters. The van der Waals surface area contributed by atoms with E-state index < -0.39 is 5.97 Å². The summed E-state index contributed by atoms with van der Waals surface area (Å²) in [5.41, 5.74) is 6.14. The van der Waals surface area contributed by atoms with Crippen LogP contribution in [0.5, 0.6) is 0 Å². The Morgan fingerprint density at radius 1 is 1.08 bits per heavy atom. The monoisotopic (exact) mass is 479 g/mol. The van der Waals surface area contributed by atoms with Crippen molar-refractivity contribution in [3.8, 4) is 22.3 Å². The molecule has 0 saturated heterocycles. The Labute approximate surface area is 207 Å². The van der Waals surface area contributed by atoms with Gasteiger partial charge in [0.1, 0.15) is 17.1 Å². The molecule has 5 aromatic heterocycles. The first-order valence-electron chi connectivity index (χ1n) is 12.1. The van der Waals surface area contributed by atoms with E-state index in [0.717, 1.165) is 63.3 Å². The van der Waals surface area contributed by atoms with E-state index in [2.05, 4.69) is 33.0 Å². The fraction of sp³-hybridized carbons (Fsp3) is 0.250. The third-order valence-corrected chi connectivity index (χ3v) is 7.17. The highest BCUT2D eigenvalue weighted by Gasteiger charge is 2.32. The number of carboxylic acid groups (broad SMARTS) is 1. The van der Waals surface area contributed by atoms with Gasteiger partial charge in [0.25, 0.3) is 0 Å². The third kappa shape index (κ3) is 3.66. The zero-order valence-corrected chi connectivity index (χ0v) is 20.0. The summed E-state index contributed by atoms with van der Waals surface area (Å²) in [6.07, 6.45) is 10.8. The molecule has 0 aliphatic heterocycles. The van der Waals surface area contributed by atoms with Crippen molar-refractivity contribution in [1.29, 1.82) is 0 Å². The molecule has 0 radical (unpaired) electrons. The molecule has 0 amide bonds. The number of fused-ring (bicyclic) bond motifs is 1. The molecule has 0 bridgehead atoms. The highest BCUT2D eigenvalue weighted by atomic mass is 16.5. The second-order valence-corrected chi connectivity index (χ2v) is 9.37. The standard InChI is InChI=1S/C28H25N5O3/c1-16-25(17(2)36-32-16)20-12-21-22(19-9-11-30-24(13-19)28(34)35)15-33(27(21)31-14-20)26(18-6-5-7-18)23-8-3-4-10-29-23/h3-4,8-15,18,26H,5-7H2,1-2H3,(H,34,35). The van der Waals surface area contributed by atoms with E-state index in [1.165, 1.54) is 12.6 Å². The van der Waals surface area contributed by atoms with Crippen LogP contribution in [0.1, 0.15) is 52.9 Å². The van der Waals surface area contributed by atoms with E-state index in [0.29, 0.717) is 5.92 Å². The van der Waals surface area contributed by atoms with Gasteiger partial charge in [0, 0.05) is 46.9 Å². The van der Waals surface area contributed by atoms with E-state index >= 15 is 0 Å². The minimum Gasteiger partial charge on any atom is -0.477 e. The molecule has 6 rings (SSSR count). The van der Waals surface area contributed by atoms with Crippen LogP contribution >= 0.6 is 0 Å². The largest absolute Gasteiger partial charge is 0.477 e. The number of carboxylic acids is 1. The number of carbonyl (C=O) groups is 1. The average molecular weight is 480 g/mol. The Hall–Kier alpha value is -4.33. The Morgan fingerprint density at radius 3 is 2.61 bits per heavy atom. The van der Waals surface area contributed by atoms with Crippen molar-refractivity contribution >= 4 is 17.0 Å². The summed E-state index contributed by atoms with van der Waals surface area (Å²) < 4.78 is 7.63. The molecule has 1 N–H and O–H groups in total. The maximum atomic E-state index is 11.7. The second kappa shape index (κ2) is 8.71. The Bertz CT molecular complexity index is 1560. The summed E-state index contributed by atoms with van der Waals surface area (Å²) >= 11 is 0. The summed E-state index contributed by atoms with van der Waals surface area (Å²) in [5, 5.41) is 14.6. The lowest BCUT2D eigenvalue weighted by Gasteiger charge is -2.34. The fourth-order valence-corrected chi connectivity index (χ4v) is 5.24. The van der Waals surface area contributed by atoms with Crippen molar-refractivity contribution in [1.82, 2.24) is 24.7 Å². The Morgan fingerprint density at radius 2 is 1.94 bits per heavy atom. The Kier molecular flexibility index (Phi) is 5.36. The van der Waals surface area contributed by atoms with Crippen molar-refractivity contribution in [2.75, 3.05) is 0 Å². The Balaban J connectivity index is 1.61. The van der Waals surface area contributed by atoms with E-state index in [1.54, 1.807) is 6.07 Å². The smallest absolute Gasteiger partial charge is 0.354 e. The third-order valence-electron chi connectivity index (χ3n) is 7.17. The van der Waals surface area contributed by atoms with E-state index in [9.17, 15) is 9.90 Å². The molecule has 8 nitrogen and oxygen atoms in total. The first-order valence-corrected chi connectivity index (χ1v) is 12.1. The van der Waals surface area contributed by atoms with Gasteiger partial charge >= 0.3 is 5.97 Å². The van der Waals surface area contributed by atoms with Crippen LogP contribution in [-0.4, -0.2) is 35.8 Å².